The highest BCUT2D eigenvalue weighted by molar-refractivity contribution is 5.68. The van der Waals surface area contributed by atoms with Gasteiger partial charge >= 0.3 is 0 Å². The van der Waals surface area contributed by atoms with E-state index in [2.05, 4.69) is 0 Å². The van der Waals surface area contributed by atoms with Crippen LogP contribution >= 0.6 is 0 Å². The molecule has 0 aromatic heterocycles. The van der Waals surface area contributed by atoms with E-state index in [1.165, 1.54) is 0 Å². The van der Waals surface area contributed by atoms with Crippen LogP contribution in [-0.4, -0.2) is 5.97 Å². The molecule has 0 aromatic rings. The lowest BCUT2D eigenvalue weighted by molar-refractivity contribution is -0.311. The van der Waals surface area contributed by atoms with Gasteiger partial charge in [-0.2, -0.15) is 0 Å². The third kappa shape index (κ3) is 1.56. The van der Waals surface area contributed by atoms with Crippen LogP contribution in [0.15, 0.2) is 12.2 Å². The van der Waals surface area contributed by atoms with E-state index < -0.39 is 5.97 Å². The number of hydrogen-bond donors (Lipinski definition) is 0. The summed E-state index contributed by atoms with van der Waals surface area (Å²) in [5, 5.41) is 10.2. The van der Waals surface area contributed by atoms with Crippen molar-refractivity contribution >= 4 is 5.97 Å². The quantitative estimate of drug-likeness (QED) is 0.466. The number of carbonyl (C=O) groups is 1. The summed E-state index contributed by atoms with van der Waals surface area (Å²) in [6.45, 7) is 0. The van der Waals surface area contributed by atoms with Gasteiger partial charge in [0.05, 0.1) is 0 Å². The molecule has 9 heavy (non-hydrogen) atoms. The number of rotatable bonds is 1. The van der Waals surface area contributed by atoms with Crippen molar-refractivity contribution < 1.29 is 9.90 Å². The minimum absolute atomic E-state index is 0.227. The molecule has 0 saturated heterocycles. The summed E-state index contributed by atoms with van der Waals surface area (Å²) < 4.78 is 0. The van der Waals surface area contributed by atoms with Gasteiger partial charge in [-0.05, 0) is 19.3 Å². The molecule has 0 bridgehead atoms. The first-order chi connectivity index (χ1) is 4.30. The molecule has 1 aliphatic carbocycles. The van der Waals surface area contributed by atoms with E-state index >= 15 is 0 Å². The number of allylic oxidation sites excluding steroid dienone is 2. The molecule has 2 nitrogen and oxygen atoms in total. The summed E-state index contributed by atoms with van der Waals surface area (Å²) in [6.07, 6.45) is 6.21. The first-order valence-electron chi connectivity index (χ1n) is 3.16. The fourth-order valence-corrected chi connectivity index (χ4v) is 1.01. The Morgan fingerprint density at radius 2 is 2.33 bits per heavy atom. The van der Waals surface area contributed by atoms with E-state index in [0.29, 0.717) is 6.42 Å². The first-order valence-corrected chi connectivity index (χ1v) is 3.16. The highest BCUT2D eigenvalue weighted by atomic mass is 16.4. The van der Waals surface area contributed by atoms with Crippen LogP contribution in [0.4, 0.5) is 0 Å². The maximum Gasteiger partial charge on any atom is 0.0448 e. The van der Waals surface area contributed by atoms with Gasteiger partial charge < -0.3 is 9.90 Å². The SMILES string of the molecule is O=C([O-])[C@H]1CC=CCC1. The summed E-state index contributed by atoms with van der Waals surface area (Å²) in [6, 6.07) is 0. The molecular weight excluding hydrogens is 116 g/mol. The lowest BCUT2D eigenvalue weighted by Crippen LogP contribution is -2.31. The molecule has 50 valence electrons. The molecule has 0 saturated carbocycles. The molecule has 0 heterocycles. The average Bonchev–Trinajstić information content (AvgIpc) is 1.90. The lowest BCUT2D eigenvalue weighted by atomic mass is 9.95. The zero-order valence-corrected chi connectivity index (χ0v) is 5.17. The molecule has 0 spiro atoms. The smallest absolute Gasteiger partial charge is 0.0448 e. The summed E-state index contributed by atoms with van der Waals surface area (Å²) in [5.41, 5.74) is 0. The molecule has 0 unspecified atom stereocenters. The second kappa shape index (κ2) is 2.67. The van der Waals surface area contributed by atoms with Crippen molar-refractivity contribution in [3.8, 4) is 0 Å². The minimum atomic E-state index is -0.903. The zero-order chi connectivity index (χ0) is 6.69. The number of carboxylic acids is 1. The Hall–Kier alpha value is -0.790. The molecular formula is C7H9O2-. The van der Waals surface area contributed by atoms with Crippen LogP contribution < -0.4 is 5.11 Å². The second-order valence-electron chi connectivity index (χ2n) is 2.30. The molecule has 0 fully saturated rings. The molecule has 0 amide bonds. The molecule has 2 heteroatoms. The Bertz CT molecular complexity index is 138. The maximum absolute atomic E-state index is 10.2. The third-order valence-corrected chi connectivity index (χ3v) is 1.60. The van der Waals surface area contributed by atoms with Crippen molar-refractivity contribution in [1.29, 1.82) is 0 Å². The van der Waals surface area contributed by atoms with Crippen molar-refractivity contribution in [2.45, 2.75) is 19.3 Å². The van der Waals surface area contributed by atoms with Crippen LogP contribution in [0.2, 0.25) is 0 Å². The molecule has 0 aliphatic heterocycles. The van der Waals surface area contributed by atoms with Gasteiger partial charge in [-0.15, -0.1) is 0 Å². The number of hydrogen-bond acceptors (Lipinski definition) is 2. The predicted octanol–water partition coefficient (Wildman–Crippen LogP) is 0.0926. The lowest BCUT2D eigenvalue weighted by Gasteiger charge is -2.17. The van der Waals surface area contributed by atoms with E-state index in [1.54, 1.807) is 0 Å². The predicted molar refractivity (Wildman–Crippen MR) is 31.5 cm³/mol. The Kier molecular flexibility index (Phi) is 1.88. The van der Waals surface area contributed by atoms with E-state index in [9.17, 15) is 9.90 Å². The van der Waals surface area contributed by atoms with Crippen molar-refractivity contribution in [3.05, 3.63) is 12.2 Å². The monoisotopic (exact) mass is 125 g/mol. The Balaban J connectivity index is 2.44. The standard InChI is InChI=1S/C7H10O2/c8-7(9)6-4-2-1-3-5-6/h1-2,6H,3-5H2,(H,8,9)/p-1/t6-/m0/s1. The van der Waals surface area contributed by atoms with Gasteiger partial charge in [0.2, 0.25) is 0 Å². The summed E-state index contributed by atoms with van der Waals surface area (Å²) in [7, 11) is 0. The van der Waals surface area contributed by atoms with Crippen LogP contribution in [0, 0.1) is 5.92 Å². The second-order valence-corrected chi connectivity index (χ2v) is 2.30. The number of carbonyl (C=O) groups excluding carboxylic acids is 1. The van der Waals surface area contributed by atoms with Crippen molar-refractivity contribution in [3.63, 3.8) is 0 Å². The number of aliphatic carboxylic acids is 1. The average molecular weight is 125 g/mol. The Morgan fingerprint density at radius 1 is 1.56 bits per heavy atom. The van der Waals surface area contributed by atoms with Gasteiger partial charge in [0.25, 0.3) is 0 Å². The molecule has 1 aliphatic rings. The van der Waals surface area contributed by atoms with E-state index in [1.807, 2.05) is 12.2 Å². The normalized spacial score (nSPS) is 26.0. The van der Waals surface area contributed by atoms with Crippen LogP contribution in [0.5, 0.6) is 0 Å². The maximum atomic E-state index is 10.2. The Labute approximate surface area is 54.2 Å². The fraction of sp³-hybridized carbons (Fsp3) is 0.571. The van der Waals surface area contributed by atoms with Crippen LogP contribution in [0.3, 0.4) is 0 Å². The van der Waals surface area contributed by atoms with E-state index in [4.69, 9.17) is 0 Å². The number of carboxylic acid groups (broad SMARTS) is 1. The van der Waals surface area contributed by atoms with Crippen LogP contribution in [-0.2, 0) is 4.79 Å². The summed E-state index contributed by atoms with van der Waals surface area (Å²) >= 11 is 0. The van der Waals surface area contributed by atoms with Gasteiger partial charge in [0, 0.05) is 11.9 Å². The molecule has 0 N–H and O–H groups in total. The molecule has 0 aromatic carbocycles. The fourth-order valence-electron chi connectivity index (χ4n) is 1.01. The molecule has 0 radical (unpaired) electrons. The summed E-state index contributed by atoms with van der Waals surface area (Å²) in [5.74, 6) is -1.13. The van der Waals surface area contributed by atoms with Gasteiger partial charge in [0.1, 0.15) is 0 Å². The van der Waals surface area contributed by atoms with Gasteiger partial charge in [-0.3, -0.25) is 0 Å². The van der Waals surface area contributed by atoms with Gasteiger partial charge in [-0.1, -0.05) is 12.2 Å². The van der Waals surface area contributed by atoms with Crippen molar-refractivity contribution in [2.75, 3.05) is 0 Å². The van der Waals surface area contributed by atoms with Crippen molar-refractivity contribution in [2.24, 2.45) is 5.92 Å². The minimum Gasteiger partial charge on any atom is -0.550 e. The van der Waals surface area contributed by atoms with Crippen LogP contribution in [0.25, 0.3) is 0 Å². The first kappa shape index (κ1) is 6.33. The van der Waals surface area contributed by atoms with E-state index in [-0.39, 0.29) is 5.92 Å². The highest BCUT2D eigenvalue weighted by Gasteiger charge is 2.09. The van der Waals surface area contributed by atoms with E-state index in [0.717, 1.165) is 12.8 Å². The highest BCUT2D eigenvalue weighted by Crippen LogP contribution is 2.16. The van der Waals surface area contributed by atoms with Gasteiger partial charge in [0.15, 0.2) is 0 Å². The summed E-state index contributed by atoms with van der Waals surface area (Å²) in [4.78, 5) is 10.2. The zero-order valence-electron chi connectivity index (χ0n) is 5.17. The van der Waals surface area contributed by atoms with Gasteiger partial charge in [-0.25, -0.2) is 0 Å². The third-order valence-electron chi connectivity index (χ3n) is 1.60. The van der Waals surface area contributed by atoms with Crippen molar-refractivity contribution in [1.82, 2.24) is 0 Å². The topological polar surface area (TPSA) is 40.1 Å². The molecule has 1 atom stereocenters. The molecule has 1 rings (SSSR count). The Morgan fingerprint density at radius 3 is 2.67 bits per heavy atom. The van der Waals surface area contributed by atoms with Crippen LogP contribution in [0.1, 0.15) is 19.3 Å². The largest absolute Gasteiger partial charge is 0.550 e.